The van der Waals surface area contributed by atoms with Gasteiger partial charge in [0.15, 0.2) is 0 Å². The standard InChI is InChI=1S/C13H18N2O3/c1-17-10-11-4-2-3-5-12(11)14-13(16)15-6-8-18-9-7-15/h2-5H,6-10H2,1H3,(H,14,16). The smallest absolute Gasteiger partial charge is 0.322 e. The van der Waals surface area contributed by atoms with Crippen LogP contribution in [-0.2, 0) is 16.1 Å². The summed E-state index contributed by atoms with van der Waals surface area (Å²) in [4.78, 5) is 13.8. The minimum atomic E-state index is -0.0816. The van der Waals surface area contributed by atoms with Crippen LogP contribution < -0.4 is 5.32 Å². The monoisotopic (exact) mass is 250 g/mol. The molecule has 1 aromatic carbocycles. The molecule has 1 saturated heterocycles. The average Bonchev–Trinajstić information content (AvgIpc) is 2.42. The van der Waals surface area contributed by atoms with Crippen LogP contribution in [0.2, 0.25) is 0 Å². The maximum Gasteiger partial charge on any atom is 0.322 e. The van der Waals surface area contributed by atoms with Crippen LogP contribution in [0.1, 0.15) is 5.56 Å². The Morgan fingerprint density at radius 2 is 2.11 bits per heavy atom. The lowest BCUT2D eigenvalue weighted by atomic mass is 10.2. The number of nitrogens with zero attached hydrogens (tertiary/aromatic N) is 1. The third kappa shape index (κ3) is 3.21. The fourth-order valence-electron chi connectivity index (χ4n) is 1.88. The Morgan fingerprint density at radius 1 is 1.39 bits per heavy atom. The van der Waals surface area contributed by atoms with Crippen molar-refractivity contribution in [1.29, 1.82) is 0 Å². The Labute approximate surface area is 107 Å². The molecule has 1 N–H and O–H groups in total. The largest absolute Gasteiger partial charge is 0.380 e. The molecule has 0 bridgehead atoms. The fraction of sp³-hybridized carbons (Fsp3) is 0.462. The maximum atomic E-state index is 12.0. The Morgan fingerprint density at radius 3 is 2.83 bits per heavy atom. The molecule has 5 nitrogen and oxygen atoms in total. The number of rotatable bonds is 3. The summed E-state index contributed by atoms with van der Waals surface area (Å²) in [5.74, 6) is 0. The maximum absolute atomic E-state index is 12.0. The van der Waals surface area contributed by atoms with Crippen LogP contribution in [0.3, 0.4) is 0 Å². The van der Waals surface area contributed by atoms with Gasteiger partial charge in [-0.2, -0.15) is 0 Å². The number of nitrogens with one attached hydrogen (secondary N) is 1. The van der Waals surface area contributed by atoms with Crippen molar-refractivity contribution in [2.24, 2.45) is 0 Å². The van der Waals surface area contributed by atoms with Gasteiger partial charge in [-0.15, -0.1) is 0 Å². The topological polar surface area (TPSA) is 50.8 Å². The van der Waals surface area contributed by atoms with E-state index in [-0.39, 0.29) is 6.03 Å². The van der Waals surface area contributed by atoms with Crippen molar-refractivity contribution in [2.45, 2.75) is 6.61 Å². The van der Waals surface area contributed by atoms with Gasteiger partial charge in [-0.3, -0.25) is 0 Å². The van der Waals surface area contributed by atoms with Gasteiger partial charge in [0.05, 0.1) is 19.8 Å². The van der Waals surface area contributed by atoms with E-state index in [4.69, 9.17) is 9.47 Å². The highest BCUT2D eigenvalue weighted by Crippen LogP contribution is 2.16. The van der Waals surface area contributed by atoms with Crippen LogP contribution in [0.4, 0.5) is 10.5 Å². The second kappa shape index (κ2) is 6.37. The summed E-state index contributed by atoms with van der Waals surface area (Å²) in [6.45, 7) is 2.97. The van der Waals surface area contributed by atoms with Gasteiger partial charge >= 0.3 is 6.03 Å². The molecule has 0 radical (unpaired) electrons. The fourth-order valence-corrected chi connectivity index (χ4v) is 1.88. The van der Waals surface area contributed by atoms with Crippen LogP contribution in [0.15, 0.2) is 24.3 Å². The van der Waals surface area contributed by atoms with Crippen LogP contribution in [0, 0.1) is 0 Å². The first kappa shape index (κ1) is 12.9. The van der Waals surface area contributed by atoms with Gasteiger partial charge in [-0.05, 0) is 6.07 Å². The molecule has 0 spiro atoms. The predicted molar refractivity (Wildman–Crippen MR) is 68.6 cm³/mol. The summed E-state index contributed by atoms with van der Waals surface area (Å²) in [6.07, 6.45) is 0. The minimum Gasteiger partial charge on any atom is -0.380 e. The molecule has 1 heterocycles. The van der Waals surface area contributed by atoms with Crippen molar-refractivity contribution in [1.82, 2.24) is 4.90 Å². The molecule has 0 saturated carbocycles. The molecule has 1 fully saturated rings. The minimum absolute atomic E-state index is 0.0816. The first-order valence-corrected chi connectivity index (χ1v) is 6.02. The second-order valence-electron chi connectivity index (χ2n) is 4.12. The van der Waals surface area contributed by atoms with Gasteiger partial charge in [-0.1, -0.05) is 18.2 Å². The SMILES string of the molecule is COCc1ccccc1NC(=O)N1CCOCC1. The Balaban J connectivity index is 2.01. The summed E-state index contributed by atoms with van der Waals surface area (Å²) >= 11 is 0. The van der Waals surface area contributed by atoms with Gasteiger partial charge in [-0.25, -0.2) is 4.79 Å². The van der Waals surface area contributed by atoms with Gasteiger partial charge in [0, 0.05) is 31.5 Å². The van der Waals surface area contributed by atoms with Crippen molar-refractivity contribution in [2.75, 3.05) is 38.7 Å². The number of carbonyl (C=O) groups excluding carboxylic acids is 1. The lowest BCUT2D eigenvalue weighted by molar-refractivity contribution is 0.0564. The van der Waals surface area contributed by atoms with Gasteiger partial charge in [0.25, 0.3) is 0 Å². The summed E-state index contributed by atoms with van der Waals surface area (Å²) in [6, 6.07) is 7.57. The van der Waals surface area contributed by atoms with Crippen molar-refractivity contribution < 1.29 is 14.3 Å². The molecule has 0 aromatic heterocycles. The van der Waals surface area contributed by atoms with E-state index in [0.29, 0.717) is 32.9 Å². The lowest BCUT2D eigenvalue weighted by Gasteiger charge is -2.27. The van der Waals surface area contributed by atoms with Crippen molar-refractivity contribution in [3.05, 3.63) is 29.8 Å². The number of para-hydroxylation sites is 1. The number of urea groups is 1. The van der Waals surface area contributed by atoms with E-state index < -0.39 is 0 Å². The molecule has 0 atom stereocenters. The third-order valence-electron chi connectivity index (χ3n) is 2.86. The Hall–Kier alpha value is -1.59. The van der Waals surface area contributed by atoms with Crippen LogP contribution in [-0.4, -0.2) is 44.3 Å². The van der Waals surface area contributed by atoms with E-state index in [0.717, 1.165) is 11.3 Å². The highest BCUT2D eigenvalue weighted by atomic mass is 16.5. The quantitative estimate of drug-likeness (QED) is 0.888. The molecule has 98 valence electrons. The zero-order chi connectivity index (χ0) is 12.8. The summed E-state index contributed by atoms with van der Waals surface area (Å²) in [5, 5.41) is 2.92. The zero-order valence-corrected chi connectivity index (χ0v) is 10.5. The molecule has 1 aliphatic heterocycles. The third-order valence-corrected chi connectivity index (χ3v) is 2.86. The Bertz CT molecular complexity index is 403. The highest BCUT2D eigenvalue weighted by Gasteiger charge is 2.17. The number of carbonyl (C=O) groups is 1. The molecular weight excluding hydrogens is 232 g/mol. The van der Waals surface area contributed by atoms with Gasteiger partial charge < -0.3 is 19.7 Å². The number of hydrogen-bond acceptors (Lipinski definition) is 3. The van der Waals surface area contributed by atoms with E-state index in [1.54, 1.807) is 12.0 Å². The number of amides is 2. The lowest BCUT2D eigenvalue weighted by Crippen LogP contribution is -2.43. The highest BCUT2D eigenvalue weighted by molar-refractivity contribution is 5.90. The van der Waals surface area contributed by atoms with Gasteiger partial charge in [0.1, 0.15) is 0 Å². The molecule has 0 unspecified atom stereocenters. The molecule has 5 heteroatoms. The average molecular weight is 250 g/mol. The second-order valence-corrected chi connectivity index (χ2v) is 4.12. The van der Waals surface area contributed by atoms with E-state index in [9.17, 15) is 4.79 Å². The van der Waals surface area contributed by atoms with E-state index in [1.165, 1.54) is 0 Å². The van der Waals surface area contributed by atoms with Crippen molar-refractivity contribution >= 4 is 11.7 Å². The molecule has 0 aliphatic carbocycles. The van der Waals surface area contributed by atoms with Crippen LogP contribution in [0.5, 0.6) is 0 Å². The van der Waals surface area contributed by atoms with Crippen molar-refractivity contribution in [3.8, 4) is 0 Å². The molecule has 18 heavy (non-hydrogen) atoms. The van der Waals surface area contributed by atoms with Crippen LogP contribution >= 0.6 is 0 Å². The number of hydrogen-bond donors (Lipinski definition) is 1. The number of benzene rings is 1. The number of methoxy groups -OCH3 is 1. The molecular formula is C13H18N2O3. The predicted octanol–water partition coefficient (Wildman–Crippen LogP) is 1.70. The number of anilines is 1. The zero-order valence-electron chi connectivity index (χ0n) is 10.5. The van der Waals surface area contributed by atoms with Crippen LogP contribution in [0.25, 0.3) is 0 Å². The van der Waals surface area contributed by atoms with E-state index in [2.05, 4.69) is 5.32 Å². The number of morpholine rings is 1. The summed E-state index contributed by atoms with van der Waals surface area (Å²) in [5.41, 5.74) is 1.78. The normalized spacial score (nSPS) is 15.5. The first-order valence-electron chi connectivity index (χ1n) is 6.02. The Kier molecular flexibility index (Phi) is 4.55. The van der Waals surface area contributed by atoms with E-state index >= 15 is 0 Å². The van der Waals surface area contributed by atoms with Gasteiger partial charge in [0.2, 0.25) is 0 Å². The number of ether oxygens (including phenoxy) is 2. The summed E-state index contributed by atoms with van der Waals surface area (Å²) in [7, 11) is 1.64. The van der Waals surface area contributed by atoms with Crippen molar-refractivity contribution in [3.63, 3.8) is 0 Å². The molecule has 1 aromatic rings. The molecule has 1 aliphatic rings. The van der Waals surface area contributed by atoms with E-state index in [1.807, 2.05) is 24.3 Å². The molecule has 2 rings (SSSR count). The summed E-state index contributed by atoms with van der Waals surface area (Å²) < 4.78 is 10.3. The molecule has 2 amide bonds. The first-order chi connectivity index (χ1) is 8.81.